The van der Waals surface area contributed by atoms with E-state index in [1.165, 1.54) is 12.1 Å². The van der Waals surface area contributed by atoms with E-state index in [4.69, 9.17) is 0 Å². The van der Waals surface area contributed by atoms with Gasteiger partial charge in [0, 0.05) is 48.7 Å². The monoisotopic (exact) mass is 428 g/mol. The quantitative estimate of drug-likeness (QED) is 0.515. The number of thiophene rings is 1. The molecule has 7 heteroatoms. The van der Waals surface area contributed by atoms with Crippen LogP contribution in [0, 0.1) is 17.1 Å². The number of amides is 1. The van der Waals surface area contributed by atoms with Gasteiger partial charge in [-0.2, -0.15) is 16.6 Å². The zero-order valence-corrected chi connectivity index (χ0v) is 17.2. The summed E-state index contributed by atoms with van der Waals surface area (Å²) in [6, 6.07) is 12.2. The number of aromatic nitrogens is 2. The number of nitrogens with zero attached hydrogens (tertiary/aromatic N) is 3. The summed E-state index contributed by atoms with van der Waals surface area (Å²) in [5, 5.41) is 16.5. The smallest absolute Gasteiger partial charge is 0.253 e. The lowest BCUT2D eigenvalue weighted by Gasteiger charge is -2.18. The summed E-state index contributed by atoms with van der Waals surface area (Å²) in [6.07, 6.45) is 4.12. The second-order valence-corrected chi connectivity index (χ2v) is 8.08. The lowest BCUT2D eigenvalue weighted by Crippen LogP contribution is -2.32. The zero-order valence-electron chi connectivity index (χ0n) is 16.4. The number of rotatable bonds is 4. The van der Waals surface area contributed by atoms with Crippen molar-refractivity contribution < 1.29 is 9.18 Å². The molecular weight excluding hydrogens is 411 g/mol. The van der Waals surface area contributed by atoms with Crippen molar-refractivity contribution in [1.82, 2.24) is 14.9 Å². The molecule has 3 aromatic heterocycles. The molecule has 0 saturated heterocycles. The van der Waals surface area contributed by atoms with Crippen molar-refractivity contribution >= 4 is 17.2 Å². The molecule has 1 amide bonds. The Morgan fingerprint density at radius 2 is 2.00 bits per heavy atom. The van der Waals surface area contributed by atoms with Crippen LogP contribution < -0.4 is 5.32 Å². The third kappa shape index (κ3) is 3.31. The Hall–Kier alpha value is -3.76. The summed E-state index contributed by atoms with van der Waals surface area (Å²) < 4.78 is 15.8. The maximum Gasteiger partial charge on any atom is 0.253 e. The van der Waals surface area contributed by atoms with Gasteiger partial charge in [0.05, 0.1) is 22.9 Å². The number of nitrogens with one attached hydrogen (secondary N) is 1. The van der Waals surface area contributed by atoms with Gasteiger partial charge in [-0.15, -0.1) is 0 Å². The minimum atomic E-state index is -0.442. The van der Waals surface area contributed by atoms with Crippen molar-refractivity contribution in [2.75, 3.05) is 6.54 Å². The third-order valence-electron chi connectivity index (χ3n) is 5.53. The molecular formula is C24H17FN4OS. The molecule has 0 saturated carbocycles. The first-order valence-electron chi connectivity index (χ1n) is 9.82. The van der Waals surface area contributed by atoms with Crippen molar-refractivity contribution in [3.05, 3.63) is 87.8 Å². The van der Waals surface area contributed by atoms with Gasteiger partial charge >= 0.3 is 0 Å². The van der Waals surface area contributed by atoms with Gasteiger partial charge in [-0.25, -0.2) is 4.39 Å². The number of carbonyl (C=O) groups is 1. The van der Waals surface area contributed by atoms with Crippen LogP contribution in [0.1, 0.15) is 27.2 Å². The summed E-state index contributed by atoms with van der Waals surface area (Å²) in [5.74, 6) is -0.543. The Balaban J connectivity index is 1.81. The molecule has 5 nitrogen and oxygen atoms in total. The Morgan fingerprint density at radius 3 is 2.74 bits per heavy atom. The number of hydrogen-bond donors (Lipinski definition) is 1. The first-order chi connectivity index (χ1) is 15.2. The molecule has 0 radical (unpaired) electrons. The highest BCUT2D eigenvalue weighted by molar-refractivity contribution is 7.08. The van der Waals surface area contributed by atoms with Gasteiger partial charge in [-0.1, -0.05) is 6.07 Å². The summed E-state index contributed by atoms with van der Waals surface area (Å²) in [5.41, 5.74) is 6.27. The minimum absolute atomic E-state index is 0.101. The van der Waals surface area contributed by atoms with Crippen LogP contribution in [-0.2, 0) is 13.0 Å². The van der Waals surface area contributed by atoms with Crippen LogP contribution in [0.3, 0.4) is 0 Å². The molecule has 1 aliphatic heterocycles. The van der Waals surface area contributed by atoms with Gasteiger partial charge in [-0.3, -0.25) is 9.78 Å². The number of fused-ring (bicyclic) bond motifs is 1. The van der Waals surface area contributed by atoms with E-state index >= 15 is 0 Å². The first kappa shape index (κ1) is 19.2. The highest BCUT2D eigenvalue weighted by Crippen LogP contribution is 2.41. The van der Waals surface area contributed by atoms with E-state index in [0.29, 0.717) is 36.2 Å². The number of carbonyl (C=O) groups excluding carboxylic acids is 1. The summed E-state index contributed by atoms with van der Waals surface area (Å²) >= 11 is 1.57. The van der Waals surface area contributed by atoms with Crippen LogP contribution in [0.4, 0.5) is 4.39 Å². The Bertz CT molecular complexity index is 1320. The molecule has 0 fully saturated rings. The van der Waals surface area contributed by atoms with E-state index < -0.39 is 5.82 Å². The average Bonchev–Trinajstić information content (AvgIpc) is 3.42. The van der Waals surface area contributed by atoms with E-state index in [-0.39, 0.29) is 5.91 Å². The van der Waals surface area contributed by atoms with Crippen molar-refractivity contribution in [3.8, 4) is 28.5 Å². The molecule has 0 unspecified atom stereocenters. The first-order valence-corrected chi connectivity index (χ1v) is 10.8. The Kier molecular flexibility index (Phi) is 4.85. The molecule has 4 heterocycles. The van der Waals surface area contributed by atoms with Crippen LogP contribution >= 0.6 is 11.3 Å². The van der Waals surface area contributed by atoms with E-state index in [9.17, 15) is 14.4 Å². The maximum atomic E-state index is 13.7. The van der Waals surface area contributed by atoms with Crippen LogP contribution in [0.15, 0.2) is 59.6 Å². The molecule has 0 spiro atoms. The minimum Gasteiger partial charge on any atom is -0.352 e. The standard InChI is InChI=1S/C24H17FN4OS/c25-19-2-1-16(18(11-19)12-26)13-29-20-5-9-28-24(30)22(20)21(17-6-10-31-14-17)23(29)15-3-7-27-8-4-15/h1-4,6-8,10-11,14H,5,9,13H2,(H,28,30). The second-order valence-electron chi connectivity index (χ2n) is 7.30. The van der Waals surface area contributed by atoms with Gasteiger partial charge in [0.25, 0.3) is 5.91 Å². The van der Waals surface area contributed by atoms with Crippen molar-refractivity contribution in [3.63, 3.8) is 0 Å². The van der Waals surface area contributed by atoms with Crippen LogP contribution in [0.2, 0.25) is 0 Å². The Morgan fingerprint density at radius 1 is 1.16 bits per heavy atom. The molecule has 0 aliphatic carbocycles. The molecule has 0 atom stereocenters. The lowest BCUT2D eigenvalue weighted by molar-refractivity contribution is 0.0946. The number of hydrogen-bond acceptors (Lipinski definition) is 4. The number of halogens is 1. The van der Waals surface area contributed by atoms with Gasteiger partial charge in [0.1, 0.15) is 5.82 Å². The van der Waals surface area contributed by atoms with Gasteiger partial charge in [0.15, 0.2) is 0 Å². The predicted octanol–water partition coefficient (Wildman–Crippen LogP) is 4.62. The maximum absolute atomic E-state index is 13.7. The van der Waals surface area contributed by atoms with Crippen LogP contribution in [0.5, 0.6) is 0 Å². The van der Waals surface area contributed by atoms with Crippen molar-refractivity contribution in [2.45, 2.75) is 13.0 Å². The lowest BCUT2D eigenvalue weighted by atomic mass is 9.97. The molecule has 5 rings (SSSR count). The highest BCUT2D eigenvalue weighted by Gasteiger charge is 2.31. The van der Waals surface area contributed by atoms with Crippen molar-refractivity contribution in [1.29, 1.82) is 5.26 Å². The van der Waals surface area contributed by atoms with Crippen molar-refractivity contribution in [2.24, 2.45) is 0 Å². The number of benzene rings is 1. The van der Waals surface area contributed by atoms with Gasteiger partial charge in [0.2, 0.25) is 0 Å². The molecule has 1 N–H and O–H groups in total. The SMILES string of the molecule is N#Cc1cc(F)ccc1Cn1c2c(c(-c3ccsc3)c1-c1ccncc1)C(=O)NCC2. The summed E-state index contributed by atoms with van der Waals surface area (Å²) in [7, 11) is 0. The number of pyridine rings is 1. The fourth-order valence-corrected chi connectivity index (χ4v) is 4.83. The summed E-state index contributed by atoms with van der Waals surface area (Å²) in [4.78, 5) is 17.1. The fourth-order valence-electron chi connectivity index (χ4n) is 4.19. The molecule has 0 bridgehead atoms. The second kappa shape index (κ2) is 7.82. The van der Waals surface area contributed by atoms with E-state index in [1.54, 1.807) is 29.8 Å². The molecule has 152 valence electrons. The third-order valence-corrected chi connectivity index (χ3v) is 6.21. The topological polar surface area (TPSA) is 70.7 Å². The molecule has 1 aromatic carbocycles. The largest absolute Gasteiger partial charge is 0.352 e. The summed E-state index contributed by atoms with van der Waals surface area (Å²) in [6.45, 7) is 0.907. The normalized spacial score (nSPS) is 12.8. The Labute approximate surface area is 182 Å². The molecule has 1 aliphatic rings. The zero-order chi connectivity index (χ0) is 21.4. The molecule has 31 heavy (non-hydrogen) atoms. The fraction of sp³-hybridized carbons (Fsp3) is 0.125. The van der Waals surface area contributed by atoms with Gasteiger partial charge < -0.3 is 9.88 Å². The molecule has 4 aromatic rings. The van der Waals surface area contributed by atoms with E-state index in [2.05, 4.69) is 20.9 Å². The van der Waals surface area contributed by atoms with Gasteiger partial charge in [-0.05, 0) is 52.2 Å². The van der Waals surface area contributed by atoms with Crippen LogP contribution in [-0.4, -0.2) is 22.0 Å². The average molecular weight is 428 g/mol. The highest BCUT2D eigenvalue weighted by atomic mass is 32.1. The van der Waals surface area contributed by atoms with E-state index in [1.807, 2.05) is 29.0 Å². The number of nitriles is 1. The predicted molar refractivity (Wildman–Crippen MR) is 117 cm³/mol. The van der Waals surface area contributed by atoms with E-state index in [0.717, 1.165) is 28.1 Å². The van der Waals surface area contributed by atoms with Crippen LogP contribution in [0.25, 0.3) is 22.4 Å².